The zero-order valence-corrected chi connectivity index (χ0v) is 18.6. The van der Waals surface area contributed by atoms with Crippen LogP contribution in [-0.2, 0) is 11.3 Å². The van der Waals surface area contributed by atoms with E-state index in [9.17, 15) is 14.7 Å². The molecule has 12 nitrogen and oxygen atoms in total. The number of hydrogen-bond acceptors (Lipinski definition) is 10. The highest BCUT2D eigenvalue weighted by Gasteiger charge is 2.28. The molecule has 2 aliphatic heterocycles. The summed E-state index contributed by atoms with van der Waals surface area (Å²) >= 11 is 0. The van der Waals surface area contributed by atoms with Crippen LogP contribution in [0, 0.1) is 6.92 Å². The van der Waals surface area contributed by atoms with Crippen LogP contribution in [0.25, 0.3) is 5.82 Å². The predicted molar refractivity (Wildman–Crippen MR) is 117 cm³/mol. The van der Waals surface area contributed by atoms with Gasteiger partial charge >= 0.3 is 5.97 Å². The standard InChI is InChI=1S/C22H24N8O4/c1-13-15(2-3-16-17(13)11-34-22(16)33)19(31)10-29-6-4-14(5-7-29)26-21(32)18-8-24-20(9-23-18)30-12-25-27-28-30/h2-3,8-9,12,14,19,31H,4-7,10-11H2,1H3,(H,26,32). The van der Waals surface area contributed by atoms with E-state index in [1.54, 1.807) is 6.07 Å². The van der Waals surface area contributed by atoms with E-state index < -0.39 is 6.10 Å². The number of fused-ring (bicyclic) bond motifs is 1. The minimum atomic E-state index is -0.666. The highest BCUT2D eigenvalue weighted by Crippen LogP contribution is 2.29. The van der Waals surface area contributed by atoms with Gasteiger partial charge in [0.1, 0.15) is 18.6 Å². The van der Waals surface area contributed by atoms with Crippen molar-refractivity contribution in [2.24, 2.45) is 0 Å². The lowest BCUT2D eigenvalue weighted by atomic mass is 9.94. The summed E-state index contributed by atoms with van der Waals surface area (Å²) in [4.78, 5) is 34.8. The Labute approximate surface area is 195 Å². The van der Waals surface area contributed by atoms with Crippen molar-refractivity contribution >= 4 is 11.9 Å². The van der Waals surface area contributed by atoms with Gasteiger partial charge in [0.2, 0.25) is 0 Å². The summed E-state index contributed by atoms with van der Waals surface area (Å²) in [5.74, 6) is -0.163. The number of piperidine rings is 1. The molecule has 2 aliphatic rings. The van der Waals surface area contributed by atoms with Crippen LogP contribution in [0.15, 0.2) is 30.9 Å². The van der Waals surface area contributed by atoms with Crippen LogP contribution in [0.5, 0.6) is 0 Å². The number of amides is 1. The topological polar surface area (TPSA) is 148 Å². The van der Waals surface area contributed by atoms with Crippen molar-refractivity contribution in [1.82, 2.24) is 40.4 Å². The molecule has 0 bridgehead atoms. The first-order chi connectivity index (χ1) is 16.5. The molecule has 3 aromatic rings. The summed E-state index contributed by atoms with van der Waals surface area (Å²) in [6, 6.07) is 3.56. The Hall–Kier alpha value is -3.77. The largest absolute Gasteiger partial charge is 0.457 e. The van der Waals surface area contributed by atoms with E-state index in [1.807, 2.05) is 13.0 Å². The molecule has 0 spiro atoms. The number of aliphatic hydroxyl groups excluding tert-OH is 1. The van der Waals surface area contributed by atoms with E-state index in [0.717, 1.165) is 42.6 Å². The molecule has 1 saturated heterocycles. The molecule has 0 saturated carbocycles. The van der Waals surface area contributed by atoms with E-state index in [1.165, 1.54) is 23.4 Å². The second kappa shape index (κ2) is 9.23. The van der Waals surface area contributed by atoms with Crippen LogP contribution < -0.4 is 5.32 Å². The molecule has 34 heavy (non-hydrogen) atoms. The van der Waals surface area contributed by atoms with Crippen molar-refractivity contribution < 1.29 is 19.4 Å². The maximum Gasteiger partial charge on any atom is 0.338 e. The lowest BCUT2D eigenvalue weighted by Crippen LogP contribution is -2.45. The van der Waals surface area contributed by atoms with E-state index in [4.69, 9.17) is 4.74 Å². The normalized spacial score (nSPS) is 17.3. The minimum Gasteiger partial charge on any atom is -0.457 e. The Kier molecular flexibility index (Phi) is 5.99. The Morgan fingerprint density at radius 3 is 2.79 bits per heavy atom. The molecule has 1 atom stereocenters. The van der Waals surface area contributed by atoms with Gasteiger partial charge in [0.15, 0.2) is 5.82 Å². The first-order valence-electron chi connectivity index (χ1n) is 11.1. The fourth-order valence-electron chi connectivity index (χ4n) is 4.41. The van der Waals surface area contributed by atoms with Gasteiger partial charge in [-0.25, -0.2) is 14.8 Å². The van der Waals surface area contributed by atoms with E-state index in [-0.39, 0.29) is 30.2 Å². The van der Waals surface area contributed by atoms with Crippen molar-refractivity contribution in [3.05, 3.63) is 58.8 Å². The summed E-state index contributed by atoms with van der Waals surface area (Å²) in [7, 11) is 0. The summed E-state index contributed by atoms with van der Waals surface area (Å²) < 4.78 is 6.46. The number of aliphatic hydroxyl groups is 1. The molecule has 0 radical (unpaired) electrons. The predicted octanol–water partition coefficient (Wildman–Crippen LogP) is 0.359. The molecule has 176 valence electrons. The van der Waals surface area contributed by atoms with E-state index >= 15 is 0 Å². The number of rotatable bonds is 6. The van der Waals surface area contributed by atoms with Crippen molar-refractivity contribution in [3.63, 3.8) is 0 Å². The first kappa shape index (κ1) is 22.0. The molecule has 2 aromatic heterocycles. The number of carbonyl (C=O) groups is 2. The lowest BCUT2D eigenvalue weighted by Gasteiger charge is -2.33. The van der Waals surface area contributed by atoms with Crippen LogP contribution in [0.4, 0.5) is 0 Å². The van der Waals surface area contributed by atoms with Crippen LogP contribution in [0.3, 0.4) is 0 Å². The van der Waals surface area contributed by atoms with Crippen LogP contribution in [0.1, 0.15) is 56.5 Å². The average Bonchev–Trinajstić information content (AvgIpc) is 3.51. The maximum absolute atomic E-state index is 12.6. The van der Waals surface area contributed by atoms with Crippen LogP contribution in [0.2, 0.25) is 0 Å². The third kappa shape index (κ3) is 4.37. The maximum atomic E-state index is 12.6. The Morgan fingerprint density at radius 1 is 1.26 bits per heavy atom. The van der Waals surface area contributed by atoms with E-state index in [2.05, 4.69) is 35.7 Å². The van der Waals surface area contributed by atoms with Crippen LogP contribution in [-0.4, -0.2) is 77.7 Å². The van der Waals surface area contributed by atoms with Gasteiger partial charge in [-0.1, -0.05) is 6.07 Å². The number of nitrogens with one attached hydrogen (secondary N) is 1. The van der Waals surface area contributed by atoms with Crippen molar-refractivity contribution in [1.29, 1.82) is 0 Å². The molecule has 1 unspecified atom stereocenters. The monoisotopic (exact) mass is 464 g/mol. The van der Waals surface area contributed by atoms with Gasteiger partial charge < -0.3 is 20.1 Å². The molecule has 12 heteroatoms. The molecule has 4 heterocycles. The van der Waals surface area contributed by atoms with Gasteiger partial charge in [-0.05, 0) is 47.4 Å². The van der Waals surface area contributed by atoms with Gasteiger partial charge in [-0.3, -0.25) is 4.79 Å². The SMILES string of the molecule is Cc1c(C(O)CN2CCC(NC(=O)c3cnc(-n4cnnn4)cn3)CC2)ccc2c1COC2=O. The molecule has 0 aliphatic carbocycles. The number of tetrazole rings is 1. The first-order valence-corrected chi connectivity index (χ1v) is 11.1. The number of nitrogens with zero attached hydrogens (tertiary/aromatic N) is 7. The second-order valence-electron chi connectivity index (χ2n) is 8.46. The lowest BCUT2D eigenvalue weighted by molar-refractivity contribution is 0.0534. The fraction of sp³-hybridized carbons (Fsp3) is 0.409. The number of cyclic esters (lactones) is 1. The number of esters is 1. The summed E-state index contributed by atoms with van der Waals surface area (Å²) in [6.45, 7) is 4.16. The molecule has 1 amide bonds. The number of β-amino-alcohol motifs (C(OH)–C–C–N with tert-alkyl or cyclic N) is 1. The number of ether oxygens (including phenoxy) is 1. The molecule has 5 rings (SSSR count). The van der Waals surface area contributed by atoms with E-state index in [0.29, 0.717) is 17.9 Å². The molecular formula is C22H24N8O4. The smallest absolute Gasteiger partial charge is 0.338 e. The summed E-state index contributed by atoms with van der Waals surface area (Å²) in [6.07, 6.45) is 5.10. The highest BCUT2D eigenvalue weighted by molar-refractivity contribution is 5.94. The van der Waals surface area contributed by atoms with Crippen molar-refractivity contribution in [2.45, 2.75) is 38.5 Å². The number of carbonyl (C=O) groups excluding carboxylic acids is 2. The Bertz CT molecular complexity index is 1190. The summed E-state index contributed by atoms with van der Waals surface area (Å²) in [5, 5.41) is 24.7. The van der Waals surface area contributed by atoms with Crippen LogP contribution >= 0.6 is 0 Å². The Morgan fingerprint density at radius 2 is 2.09 bits per heavy atom. The molecule has 1 fully saturated rings. The zero-order chi connectivity index (χ0) is 23.7. The van der Waals surface area contributed by atoms with Gasteiger partial charge in [0.05, 0.1) is 24.1 Å². The third-order valence-electron chi connectivity index (χ3n) is 6.38. The average molecular weight is 464 g/mol. The zero-order valence-electron chi connectivity index (χ0n) is 18.6. The number of aromatic nitrogens is 6. The molecular weight excluding hydrogens is 440 g/mol. The molecule has 1 aromatic carbocycles. The van der Waals surface area contributed by atoms with Gasteiger partial charge in [0.25, 0.3) is 5.91 Å². The minimum absolute atomic E-state index is 0.0202. The fourth-order valence-corrected chi connectivity index (χ4v) is 4.41. The highest BCUT2D eigenvalue weighted by atomic mass is 16.5. The molecule has 2 N–H and O–H groups in total. The van der Waals surface area contributed by atoms with Gasteiger partial charge in [-0.2, -0.15) is 4.68 Å². The quantitative estimate of drug-likeness (QED) is 0.490. The van der Waals surface area contributed by atoms with Gasteiger partial charge in [0, 0.05) is 31.2 Å². The second-order valence-corrected chi connectivity index (χ2v) is 8.46. The van der Waals surface area contributed by atoms with Crippen molar-refractivity contribution in [3.8, 4) is 5.82 Å². The number of benzene rings is 1. The Balaban J connectivity index is 1.13. The number of likely N-dealkylation sites (tertiary alicyclic amines) is 1. The summed E-state index contributed by atoms with van der Waals surface area (Å²) in [5.41, 5.74) is 3.39. The number of hydrogen-bond donors (Lipinski definition) is 2. The van der Waals surface area contributed by atoms with Gasteiger partial charge in [-0.15, -0.1) is 5.10 Å². The van der Waals surface area contributed by atoms with Crippen molar-refractivity contribution in [2.75, 3.05) is 19.6 Å². The third-order valence-corrected chi connectivity index (χ3v) is 6.38.